The fraction of sp³-hybridized carbons (Fsp3) is 0.182. The molecule has 0 spiro atoms. The smallest absolute Gasteiger partial charge is 0.335 e. The number of carboxylic acids is 1. The van der Waals surface area contributed by atoms with Crippen molar-refractivity contribution in [3.8, 4) is 0 Å². The largest absolute Gasteiger partial charge is 0.478 e. The third-order valence-corrected chi connectivity index (χ3v) is 2.27. The number of rotatable bonds is 5. The molecule has 19 heavy (non-hydrogen) atoms. The van der Waals surface area contributed by atoms with E-state index in [1.165, 1.54) is 6.08 Å². The zero-order valence-corrected chi connectivity index (χ0v) is 9.90. The maximum absolute atomic E-state index is 11.0. The molecule has 0 aliphatic rings. The lowest BCUT2D eigenvalue weighted by atomic mass is 10.0. The molecule has 0 aromatic heterocycles. The van der Waals surface area contributed by atoms with Gasteiger partial charge < -0.3 is 5.11 Å². The summed E-state index contributed by atoms with van der Waals surface area (Å²) in [6.07, 6.45) is 1.73. The maximum atomic E-state index is 11.0. The van der Waals surface area contributed by atoms with Gasteiger partial charge in [-0.15, -0.1) is 0 Å². The first-order chi connectivity index (χ1) is 8.86. The number of hydrogen-bond donors (Lipinski definition) is 1. The topological polar surface area (TPSA) is 124 Å². The van der Waals surface area contributed by atoms with Gasteiger partial charge in [-0.2, -0.15) is 0 Å². The lowest BCUT2D eigenvalue weighted by Crippen LogP contribution is -2.02. The Morgan fingerprint density at radius 3 is 2.00 bits per heavy atom. The van der Waals surface area contributed by atoms with Crippen LogP contribution in [0.3, 0.4) is 0 Å². The summed E-state index contributed by atoms with van der Waals surface area (Å²) in [5.41, 5.74) is -1.30. The normalized spacial score (nSPS) is 11.1. The van der Waals surface area contributed by atoms with E-state index in [0.717, 1.165) is 18.2 Å². The Morgan fingerprint density at radius 1 is 1.21 bits per heavy atom. The monoisotopic (exact) mass is 266 g/mol. The Hall–Kier alpha value is -2.77. The Morgan fingerprint density at radius 2 is 1.68 bits per heavy atom. The van der Waals surface area contributed by atoms with Crippen LogP contribution in [0.4, 0.5) is 11.4 Å². The molecule has 0 saturated carbocycles. The van der Waals surface area contributed by atoms with Crippen molar-refractivity contribution in [1.29, 1.82) is 0 Å². The van der Waals surface area contributed by atoms with E-state index < -0.39 is 27.2 Å². The van der Waals surface area contributed by atoms with Crippen LogP contribution < -0.4 is 0 Å². The Kier molecular flexibility index (Phi) is 4.30. The van der Waals surface area contributed by atoms with Crippen molar-refractivity contribution in [2.45, 2.75) is 13.3 Å². The van der Waals surface area contributed by atoms with Crippen LogP contribution in [0.25, 0.3) is 5.57 Å². The SMILES string of the molecule is CC/C=C(\C(=O)O)c1cc([N+](=O)[O-])cc([N+](=O)[O-])c1. The van der Waals surface area contributed by atoms with E-state index in [-0.39, 0.29) is 11.1 Å². The van der Waals surface area contributed by atoms with Gasteiger partial charge in [-0.3, -0.25) is 20.2 Å². The van der Waals surface area contributed by atoms with Gasteiger partial charge in [-0.05, 0) is 6.42 Å². The van der Waals surface area contributed by atoms with Crippen molar-refractivity contribution in [1.82, 2.24) is 0 Å². The molecular weight excluding hydrogens is 256 g/mol. The van der Waals surface area contributed by atoms with Gasteiger partial charge in [0.15, 0.2) is 0 Å². The fourth-order valence-corrected chi connectivity index (χ4v) is 1.49. The van der Waals surface area contributed by atoms with Gasteiger partial charge in [-0.1, -0.05) is 13.0 Å². The number of nitro benzene ring substituents is 2. The minimum absolute atomic E-state index is 0.0600. The fourth-order valence-electron chi connectivity index (χ4n) is 1.49. The molecular formula is C11H10N2O6. The third kappa shape index (κ3) is 3.35. The quantitative estimate of drug-likeness (QED) is 0.495. The summed E-state index contributed by atoms with van der Waals surface area (Å²) in [5, 5.41) is 30.4. The highest BCUT2D eigenvalue weighted by Crippen LogP contribution is 2.27. The number of carboxylic acid groups (broad SMARTS) is 1. The minimum atomic E-state index is -1.29. The molecule has 0 unspecified atom stereocenters. The highest BCUT2D eigenvalue weighted by atomic mass is 16.6. The number of carbonyl (C=O) groups is 1. The summed E-state index contributed by atoms with van der Waals surface area (Å²) in [4.78, 5) is 30.8. The van der Waals surface area contributed by atoms with E-state index in [1.807, 2.05) is 0 Å². The second kappa shape index (κ2) is 5.71. The molecule has 0 saturated heterocycles. The zero-order valence-electron chi connectivity index (χ0n) is 9.90. The number of nitro groups is 2. The first-order valence-corrected chi connectivity index (χ1v) is 5.24. The van der Waals surface area contributed by atoms with Crippen LogP contribution in [0.1, 0.15) is 18.9 Å². The molecule has 0 fully saturated rings. The van der Waals surface area contributed by atoms with Crippen molar-refractivity contribution >= 4 is 22.9 Å². The predicted octanol–water partition coefficient (Wildman–Crippen LogP) is 2.38. The van der Waals surface area contributed by atoms with Gasteiger partial charge in [0.2, 0.25) is 0 Å². The number of allylic oxidation sites excluding steroid dienone is 1. The number of aliphatic carboxylic acids is 1. The highest BCUT2D eigenvalue weighted by molar-refractivity contribution is 6.15. The lowest BCUT2D eigenvalue weighted by Gasteiger charge is -2.03. The Balaban J connectivity index is 3.49. The van der Waals surface area contributed by atoms with Gasteiger partial charge >= 0.3 is 5.97 Å². The summed E-state index contributed by atoms with van der Waals surface area (Å²) in [5.74, 6) is -1.29. The van der Waals surface area contributed by atoms with Crippen molar-refractivity contribution < 1.29 is 19.7 Å². The predicted molar refractivity (Wildman–Crippen MR) is 65.7 cm³/mol. The average Bonchev–Trinajstić information content (AvgIpc) is 2.34. The van der Waals surface area contributed by atoms with Crippen molar-refractivity contribution in [3.63, 3.8) is 0 Å². The average molecular weight is 266 g/mol. The Labute approximate surface area is 107 Å². The number of benzene rings is 1. The molecule has 1 N–H and O–H groups in total. The van der Waals surface area contributed by atoms with Crippen LogP contribution in [0, 0.1) is 20.2 Å². The maximum Gasteiger partial charge on any atom is 0.335 e. The molecule has 8 heteroatoms. The van der Waals surface area contributed by atoms with E-state index >= 15 is 0 Å². The van der Waals surface area contributed by atoms with Gasteiger partial charge in [0.25, 0.3) is 11.4 Å². The van der Waals surface area contributed by atoms with Crippen LogP contribution in [-0.4, -0.2) is 20.9 Å². The first-order valence-electron chi connectivity index (χ1n) is 5.24. The van der Waals surface area contributed by atoms with E-state index in [1.54, 1.807) is 6.92 Å². The highest BCUT2D eigenvalue weighted by Gasteiger charge is 2.20. The van der Waals surface area contributed by atoms with Crippen molar-refractivity contribution in [2.75, 3.05) is 0 Å². The van der Waals surface area contributed by atoms with Crippen LogP contribution >= 0.6 is 0 Å². The van der Waals surface area contributed by atoms with E-state index in [4.69, 9.17) is 5.11 Å². The molecule has 0 radical (unpaired) electrons. The number of hydrogen-bond acceptors (Lipinski definition) is 5. The minimum Gasteiger partial charge on any atom is -0.478 e. The molecule has 0 bridgehead atoms. The molecule has 100 valence electrons. The molecule has 0 aliphatic carbocycles. The molecule has 0 amide bonds. The van der Waals surface area contributed by atoms with Crippen LogP contribution in [-0.2, 0) is 4.79 Å². The van der Waals surface area contributed by atoms with Gasteiger partial charge in [0, 0.05) is 17.7 Å². The number of nitrogens with zero attached hydrogens (tertiary/aromatic N) is 2. The summed E-state index contributed by atoms with van der Waals surface area (Å²) >= 11 is 0. The van der Waals surface area contributed by atoms with Crippen LogP contribution in [0.5, 0.6) is 0 Å². The molecule has 0 heterocycles. The number of non-ortho nitro benzene ring substituents is 2. The molecule has 1 aromatic carbocycles. The molecule has 1 rings (SSSR count). The third-order valence-electron chi connectivity index (χ3n) is 2.27. The molecule has 1 aromatic rings. The Bertz CT molecular complexity index is 546. The summed E-state index contributed by atoms with van der Waals surface area (Å²) < 4.78 is 0. The summed E-state index contributed by atoms with van der Waals surface area (Å²) in [7, 11) is 0. The van der Waals surface area contributed by atoms with Crippen LogP contribution in [0.15, 0.2) is 24.3 Å². The van der Waals surface area contributed by atoms with Gasteiger partial charge in [0.05, 0.1) is 21.5 Å². The second-order valence-electron chi connectivity index (χ2n) is 3.58. The molecule has 8 nitrogen and oxygen atoms in total. The summed E-state index contributed by atoms with van der Waals surface area (Å²) in [6, 6.07) is 2.79. The zero-order chi connectivity index (χ0) is 14.6. The standard InChI is InChI=1S/C11H10N2O6/c1-2-3-10(11(14)15)7-4-8(12(16)17)6-9(5-7)13(18)19/h3-6H,2H2,1H3,(H,14,15)/b10-3-. The van der Waals surface area contributed by atoms with Gasteiger partial charge in [0.1, 0.15) is 0 Å². The van der Waals surface area contributed by atoms with Crippen molar-refractivity contribution in [3.05, 3.63) is 50.1 Å². The second-order valence-corrected chi connectivity index (χ2v) is 3.58. The lowest BCUT2D eigenvalue weighted by molar-refractivity contribution is -0.394. The first kappa shape index (κ1) is 14.3. The van der Waals surface area contributed by atoms with Crippen molar-refractivity contribution in [2.24, 2.45) is 0 Å². The molecule has 0 aliphatic heterocycles. The van der Waals surface area contributed by atoms with E-state index in [9.17, 15) is 25.0 Å². The van der Waals surface area contributed by atoms with Crippen LogP contribution in [0.2, 0.25) is 0 Å². The summed E-state index contributed by atoms with van der Waals surface area (Å²) in [6.45, 7) is 1.69. The van der Waals surface area contributed by atoms with E-state index in [2.05, 4.69) is 0 Å². The molecule has 0 atom stereocenters. The van der Waals surface area contributed by atoms with Gasteiger partial charge in [-0.25, -0.2) is 4.79 Å². The van der Waals surface area contributed by atoms with E-state index in [0.29, 0.717) is 6.42 Å².